The molecule has 0 aliphatic heterocycles. The zero-order valence-electron chi connectivity index (χ0n) is 15.8. The maximum Gasteiger partial charge on any atom is 0.191 e. The second-order valence-corrected chi connectivity index (χ2v) is 6.09. The molecule has 1 heterocycles. The van der Waals surface area contributed by atoms with E-state index in [0.29, 0.717) is 6.54 Å². The van der Waals surface area contributed by atoms with Crippen molar-refractivity contribution in [3.05, 3.63) is 83.9 Å². The molecule has 1 aromatic heterocycles. The van der Waals surface area contributed by atoms with Crippen LogP contribution in [0.25, 0.3) is 5.69 Å². The Balaban J connectivity index is 0.00000280. The van der Waals surface area contributed by atoms with Crippen molar-refractivity contribution in [2.75, 3.05) is 13.1 Å². The topological polar surface area (TPSA) is 54.2 Å². The molecule has 28 heavy (non-hydrogen) atoms. The van der Waals surface area contributed by atoms with Crippen LogP contribution in [0.3, 0.4) is 0 Å². The average Bonchev–Trinajstić information content (AvgIpc) is 3.16. The van der Waals surface area contributed by atoms with Gasteiger partial charge in [0.2, 0.25) is 0 Å². The van der Waals surface area contributed by atoms with Gasteiger partial charge in [0.15, 0.2) is 5.96 Å². The van der Waals surface area contributed by atoms with Gasteiger partial charge < -0.3 is 10.6 Å². The normalized spacial score (nSPS) is 11.0. The lowest BCUT2D eigenvalue weighted by Gasteiger charge is -2.10. The molecule has 0 unspecified atom stereocenters. The van der Waals surface area contributed by atoms with E-state index in [4.69, 9.17) is 0 Å². The molecule has 0 bridgehead atoms. The van der Waals surface area contributed by atoms with E-state index in [1.54, 1.807) is 16.8 Å². The Bertz CT molecular complexity index is 862. The van der Waals surface area contributed by atoms with Crippen LogP contribution in [0, 0.1) is 5.82 Å². The number of halogens is 2. The molecule has 0 amide bonds. The summed E-state index contributed by atoms with van der Waals surface area (Å²) in [5.41, 5.74) is 2.98. The molecule has 0 spiro atoms. The largest absolute Gasteiger partial charge is 0.357 e. The van der Waals surface area contributed by atoms with E-state index in [1.165, 1.54) is 17.7 Å². The highest BCUT2D eigenvalue weighted by molar-refractivity contribution is 14.0. The van der Waals surface area contributed by atoms with Crippen molar-refractivity contribution in [3.8, 4) is 5.69 Å². The lowest BCUT2D eigenvalue weighted by Crippen LogP contribution is -2.38. The van der Waals surface area contributed by atoms with E-state index in [0.717, 1.165) is 36.9 Å². The molecule has 0 fully saturated rings. The molecule has 5 nitrogen and oxygen atoms in total. The second-order valence-electron chi connectivity index (χ2n) is 6.09. The first-order valence-corrected chi connectivity index (χ1v) is 9.11. The molecule has 2 N–H and O–H groups in total. The number of aliphatic imine (C=N–C) groups is 1. The second kappa shape index (κ2) is 11.4. The van der Waals surface area contributed by atoms with Gasteiger partial charge in [-0.25, -0.2) is 14.1 Å². The first-order valence-electron chi connectivity index (χ1n) is 9.11. The van der Waals surface area contributed by atoms with Crippen LogP contribution in [0.4, 0.5) is 4.39 Å². The summed E-state index contributed by atoms with van der Waals surface area (Å²) in [5, 5.41) is 11.1. The summed E-state index contributed by atoms with van der Waals surface area (Å²) >= 11 is 0. The maximum absolute atomic E-state index is 13.0. The molecule has 0 radical (unpaired) electrons. The molecule has 7 heteroatoms. The minimum atomic E-state index is -0.249. The molecule has 0 atom stereocenters. The summed E-state index contributed by atoms with van der Waals surface area (Å²) in [4.78, 5) is 4.61. The lowest BCUT2D eigenvalue weighted by atomic mass is 10.2. The van der Waals surface area contributed by atoms with Crippen LogP contribution in [0.15, 0.2) is 71.9 Å². The van der Waals surface area contributed by atoms with E-state index >= 15 is 0 Å². The Kier molecular flexibility index (Phi) is 8.93. The Labute approximate surface area is 182 Å². The standard InChI is InChI=1S/C21H24FN5.HI/c1-2-23-21(25-16-17-6-4-3-5-7-17)24-14-12-19-13-15-27(26-19)20-10-8-18(22)9-11-20;/h3-11,13,15H,2,12,14,16H2,1H3,(H2,23,24,25);1H. The molecule has 0 aliphatic carbocycles. The van der Waals surface area contributed by atoms with Crippen LogP contribution < -0.4 is 10.6 Å². The predicted octanol–water partition coefficient (Wildman–Crippen LogP) is 3.93. The molecule has 3 aromatic rings. The third kappa shape index (κ3) is 6.63. The minimum absolute atomic E-state index is 0. The SMILES string of the molecule is CCNC(=NCc1ccccc1)NCCc1ccn(-c2ccc(F)cc2)n1.I. The number of nitrogens with one attached hydrogen (secondary N) is 2. The van der Waals surface area contributed by atoms with Crippen molar-refractivity contribution in [2.24, 2.45) is 4.99 Å². The van der Waals surface area contributed by atoms with Gasteiger partial charge in [-0.15, -0.1) is 24.0 Å². The van der Waals surface area contributed by atoms with E-state index in [1.807, 2.05) is 37.4 Å². The fraction of sp³-hybridized carbons (Fsp3) is 0.238. The summed E-state index contributed by atoms with van der Waals surface area (Å²) in [6.45, 7) is 4.21. The predicted molar refractivity (Wildman–Crippen MR) is 122 cm³/mol. The van der Waals surface area contributed by atoms with Crippen LogP contribution >= 0.6 is 24.0 Å². The third-order valence-corrected chi connectivity index (χ3v) is 4.02. The highest BCUT2D eigenvalue weighted by atomic mass is 127. The number of aromatic nitrogens is 2. The van der Waals surface area contributed by atoms with Crippen molar-refractivity contribution >= 4 is 29.9 Å². The lowest BCUT2D eigenvalue weighted by molar-refractivity contribution is 0.627. The fourth-order valence-electron chi connectivity index (χ4n) is 2.64. The molecule has 148 valence electrons. The van der Waals surface area contributed by atoms with Gasteiger partial charge in [0.1, 0.15) is 5.82 Å². The minimum Gasteiger partial charge on any atom is -0.357 e. The van der Waals surface area contributed by atoms with Crippen LogP contribution in [-0.2, 0) is 13.0 Å². The van der Waals surface area contributed by atoms with Gasteiger partial charge in [0.05, 0.1) is 17.9 Å². The molecule has 0 saturated heterocycles. The monoisotopic (exact) mass is 493 g/mol. The smallest absolute Gasteiger partial charge is 0.191 e. The Morgan fingerprint density at radius 3 is 2.50 bits per heavy atom. The number of hydrogen-bond acceptors (Lipinski definition) is 2. The zero-order chi connectivity index (χ0) is 18.9. The summed E-state index contributed by atoms with van der Waals surface area (Å²) in [6.07, 6.45) is 2.65. The summed E-state index contributed by atoms with van der Waals surface area (Å²) in [7, 11) is 0. The number of nitrogens with zero attached hydrogens (tertiary/aromatic N) is 3. The molecule has 0 saturated carbocycles. The summed E-state index contributed by atoms with van der Waals surface area (Å²) in [6, 6.07) is 18.4. The van der Waals surface area contributed by atoms with E-state index in [2.05, 4.69) is 32.9 Å². The van der Waals surface area contributed by atoms with Gasteiger partial charge in [-0.05, 0) is 42.8 Å². The molecular formula is C21H25FIN5. The molecular weight excluding hydrogens is 468 g/mol. The quantitative estimate of drug-likeness (QED) is 0.298. The van der Waals surface area contributed by atoms with E-state index < -0.39 is 0 Å². The van der Waals surface area contributed by atoms with E-state index in [9.17, 15) is 4.39 Å². The number of rotatable bonds is 7. The van der Waals surface area contributed by atoms with Crippen LogP contribution in [0.1, 0.15) is 18.2 Å². The number of guanidine groups is 1. The number of hydrogen-bond donors (Lipinski definition) is 2. The number of benzene rings is 2. The molecule has 0 aliphatic rings. The molecule has 2 aromatic carbocycles. The first kappa shape index (κ1) is 21.9. The van der Waals surface area contributed by atoms with Gasteiger partial charge >= 0.3 is 0 Å². The third-order valence-electron chi connectivity index (χ3n) is 4.02. The Morgan fingerprint density at radius 2 is 1.79 bits per heavy atom. The maximum atomic E-state index is 13.0. The van der Waals surface area contributed by atoms with Crippen LogP contribution in [0.5, 0.6) is 0 Å². The van der Waals surface area contributed by atoms with Crippen LogP contribution in [0.2, 0.25) is 0 Å². The molecule has 3 rings (SSSR count). The Morgan fingerprint density at radius 1 is 1.04 bits per heavy atom. The summed E-state index contributed by atoms with van der Waals surface area (Å²) in [5.74, 6) is 0.542. The van der Waals surface area contributed by atoms with Gasteiger partial charge in [-0.1, -0.05) is 30.3 Å². The van der Waals surface area contributed by atoms with Crippen molar-refractivity contribution in [3.63, 3.8) is 0 Å². The Hall–Kier alpha value is -2.42. The van der Waals surface area contributed by atoms with Crippen molar-refractivity contribution in [1.29, 1.82) is 0 Å². The zero-order valence-corrected chi connectivity index (χ0v) is 18.1. The highest BCUT2D eigenvalue weighted by Crippen LogP contribution is 2.09. The van der Waals surface area contributed by atoms with Crippen molar-refractivity contribution in [1.82, 2.24) is 20.4 Å². The van der Waals surface area contributed by atoms with Gasteiger partial charge in [0.25, 0.3) is 0 Å². The fourth-order valence-corrected chi connectivity index (χ4v) is 2.64. The van der Waals surface area contributed by atoms with Crippen molar-refractivity contribution < 1.29 is 4.39 Å². The van der Waals surface area contributed by atoms with Crippen molar-refractivity contribution in [2.45, 2.75) is 19.9 Å². The van der Waals surface area contributed by atoms with E-state index in [-0.39, 0.29) is 29.8 Å². The van der Waals surface area contributed by atoms with Crippen LogP contribution in [-0.4, -0.2) is 28.8 Å². The van der Waals surface area contributed by atoms with Gasteiger partial charge in [-0.2, -0.15) is 5.10 Å². The highest BCUT2D eigenvalue weighted by Gasteiger charge is 2.03. The average molecular weight is 493 g/mol. The summed E-state index contributed by atoms with van der Waals surface area (Å²) < 4.78 is 14.8. The first-order chi connectivity index (χ1) is 13.2. The van der Waals surface area contributed by atoms with Gasteiger partial charge in [-0.3, -0.25) is 0 Å². The van der Waals surface area contributed by atoms with Gasteiger partial charge in [0, 0.05) is 25.7 Å².